The van der Waals surface area contributed by atoms with Crippen molar-refractivity contribution in [2.24, 2.45) is 0 Å². The third-order valence-electron chi connectivity index (χ3n) is 2.31. The van der Waals surface area contributed by atoms with Crippen LogP contribution < -0.4 is 0 Å². The molecule has 1 nitrogen and oxygen atoms in total. The van der Waals surface area contributed by atoms with Crippen LogP contribution >= 0.6 is 23.8 Å². The van der Waals surface area contributed by atoms with Gasteiger partial charge in [0.25, 0.3) is 0 Å². The maximum atomic E-state index is 5.31. The maximum absolute atomic E-state index is 5.31. The van der Waals surface area contributed by atoms with Crippen LogP contribution in [-0.2, 0) is 4.18 Å². The van der Waals surface area contributed by atoms with Crippen LogP contribution in [0.25, 0.3) is 0 Å². The molecule has 2 aliphatic rings. The van der Waals surface area contributed by atoms with Gasteiger partial charge < -0.3 is 4.18 Å². The van der Waals surface area contributed by atoms with Gasteiger partial charge in [0.15, 0.2) is 0 Å². The Kier molecular flexibility index (Phi) is 3.05. The first-order valence-corrected chi connectivity index (χ1v) is 6.22. The zero-order valence-corrected chi connectivity index (χ0v) is 8.26. The summed E-state index contributed by atoms with van der Waals surface area (Å²) in [5, 5.41) is 1.71. The highest BCUT2D eigenvalue weighted by atomic mass is 32.2. The fraction of sp³-hybridized carbons (Fsp3) is 1.00. The average Bonchev–Trinajstić information content (AvgIpc) is 2.58. The van der Waals surface area contributed by atoms with Crippen molar-refractivity contribution in [2.75, 3.05) is 12.4 Å². The molecule has 0 aliphatic carbocycles. The molecule has 64 valence electrons. The van der Waals surface area contributed by atoms with E-state index in [9.17, 15) is 0 Å². The molecule has 2 aliphatic heterocycles. The van der Waals surface area contributed by atoms with Gasteiger partial charge in [0.05, 0.1) is 6.61 Å². The summed E-state index contributed by atoms with van der Waals surface area (Å²) in [6.45, 7) is 0.979. The Bertz CT molecular complexity index is 117. The molecular weight excluding hydrogens is 176 g/mol. The lowest BCUT2D eigenvalue weighted by Crippen LogP contribution is -2.21. The number of hydrogen-bond donors (Lipinski definition) is 0. The molecule has 2 saturated heterocycles. The molecule has 0 aromatic carbocycles. The second kappa shape index (κ2) is 4.06. The maximum Gasteiger partial charge on any atom is 0.0625 e. The minimum absolute atomic E-state index is 0.806. The van der Waals surface area contributed by atoms with Crippen LogP contribution in [0.15, 0.2) is 0 Å². The standard InChI is InChI=1S/C8H14OS2/c1-2-6-10-7(3-1)8-4-5-9-11-8/h7-8H,1-6H2. The van der Waals surface area contributed by atoms with Gasteiger partial charge in [-0.1, -0.05) is 6.42 Å². The molecule has 0 saturated carbocycles. The summed E-state index contributed by atoms with van der Waals surface area (Å²) < 4.78 is 5.31. The molecule has 11 heavy (non-hydrogen) atoms. The highest BCUT2D eigenvalue weighted by Gasteiger charge is 2.28. The van der Waals surface area contributed by atoms with Gasteiger partial charge in [-0.05, 0) is 37.1 Å². The Morgan fingerprint density at radius 3 is 2.73 bits per heavy atom. The van der Waals surface area contributed by atoms with Crippen LogP contribution in [0.2, 0.25) is 0 Å². The second-order valence-corrected chi connectivity index (χ2v) is 5.53. The van der Waals surface area contributed by atoms with E-state index in [-0.39, 0.29) is 0 Å². The SMILES string of the molecule is C1CCC(C2CCOS2)SC1. The minimum atomic E-state index is 0.806. The summed E-state index contributed by atoms with van der Waals surface area (Å²) in [6.07, 6.45) is 5.57. The summed E-state index contributed by atoms with van der Waals surface area (Å²) in [5.74, 6) is 1.38. The first-order valence-electron chi connectivity index (χ1n) is 4.37. The van der Waals surface area contributed by atoms with Crippen molar-refractivity contribution >= 4 is 23.8 Å². The van der Waals surface area contributed by atoms with E-state index in [0.29, 0.717) is 0 Å². The van der Waals surface area contributed by atoms with Gasteiger partial charge in [-0.25, -0.2) is 0 Å². The summed E-state index contributed by atoms with van der Waals surface area (Å²) in [4.78, 5) is 0. The zero-order chi connectivity index (χ0) is 7.52. The lowest BCUT2D eigenvalue weighted by Gasteiger charge is -2.24. The van der Waals surface area contributed by atoms with Gasteiger partial charge in [0.2, 0.25) is 0 Å². The molecule has 3 heteroatoms. The molecule has 2 fully saturated rings. The third kappa shape index (κ3) is 2.07. The first-order chi connectivity index (χ1) is 5.47. The van der Waals surface area contributed by atoms with Gasteiger partial charge in [-0.3, -0.25) is 0 Å². The number of hydrogen-bond acceptors (Lipinski definition) is 3. The van der Waals surface area contributed by atoms with Gasteiger partial charge in [-0.15, -0.1) is 0 Å². The van der Waals surface area contributed by atoms with E-state index in [1.54, 1.807) is 12.0 Å². The molecule has 0 radical (unpaired) electrons. The normalized spacial score (nSPS) is 39.3. The summed E-state index contributed by atoms with van der Waals surface area (Å²) >= 11 is 3.89. The highest BCUT2D eigenvalue weighted by Crippen LogP contribution is 2.38. The van der Waals surface area contributed by atoms with Crippen LogP contribution in [0.5, 0.6) is 0 Å². The van der Waals surface area contributed by atoms with Gasteiger partial charge in [0.1, 0.15) is 0 Å². The molecule has 0 amide bonds. The summed E-state index contributed by atoms with van der Waals surface area (Å²) in [5.41, 5.74) is 0. The molecule has 2 heterocycles. The average molecular weight is 190 g/mol. The molecule has 2 unspecified atom stereocenters. The van der Waals surface area contributed by atoms with Gasteiger partial charge in [-0.2, -0.15) is 11.8 Å². The van der Waals surface area contributed by atoms with Crippen molar-refractivity contribution in [3.63, 3.8) is 0 Å². The monoisotopic (exact) mass is 190 g/mol. The Morgan fingerprint density at radius 2 is 2.09 bits per heavy atom. The lowest BCUT2D eigenvalue weighted by molar-refractivity contribution is 0.400. The van der Waals surface area contributed by atoms with E-state index in [0.717, 1.165) is 17.1 Å². The molecule has 2 atom stereocenters. The molecule has 2 rings (SSSR count). The Hall–Kier alpha value is 0.660. The van der Waals surface area contributed by atoms with Crippen molar-refractivity contribution in [1.29, 1.82) is 0 Å². The van der Waals surface area contributed by atoms with Crippen LogP contribution in [0.1, 0.15) is 25.7 Å². The number of rotatable bonds is 1. The van der Waals surface area contributed by atoms with Crippen molar-refractivity contribution in [2.45, 2.75) is 36.2 Å². The lowest BCUT2D eigenvalue weighted by atomic mass is 10.1. The smallest absolute Gasteiger partial charge is 0.0625 e. The second-order valence-electron chi connectivity index (χ2n) is 3.15. The van der Waals surface area contributed by atoms with Crippen molar-refractivity contribution in [3.8, 4) is 0 Å². The Balaban J connectivity index is 1.82. The molecular formula is C8H14OS2. The quantitative estimate of drug-likeness (QED) is 0.588. The summed E-state index contributed by atoms with van der Waals surface area (Å²) in [6, 6.07) is 0. The van der Waals surface area contributed by atoms with Crippen molar-refractivity contribution in [1.82, 2.24) is 0 Å². The van der Waals surface area contributed by atoms with Crippen LogP contribution in [0.4, 0.5) is 0 Å². The Labute approximate surface area is 76.9 Å². The van der Waals surface area contributed by atoms with E-state index in [1.165, 1.54) is 31.4 Å². The van der Waals surface area contributed by atoms with Crippen LogP contribution in [-0.4, -0.2) is 22.9 Å². The van der Waals surface area contributed by atoms with E-state index < -0.39 is 0 Å². The van der Waals surface area contributed by atoms with E-state index in [1.807, 2.05) is 0 Å². The number of thioether (sulfide) groups is 1. The predicted molar refractivity (Wildman–Crippen MR) is 52.0 cm³/mol. The van der Waals surface area contributed by atoms with Gasteiger partial charge >= 0.3 is 0 Å². The first kappa shape index (κ1) is 8.27. The predicted octanol–water partition coefficient (Wildman–Crippen LogP) is 2.71. The fourth-order valence-electron chi connectivity index (χ4n) is 1.65. The van der Waals surface area contributed by atoms with Gasteiger partial charge in [0, 0.05) is 10.5 Å². The fourth-order valence-corrected chi connectivity index (χ4v) is 4.20. The third-order valence-corrected chi connectivity index (χ3v) is 5.11. The largest absolute Gasteiger partial charge is 0.315 e. The van der Waals surface area contributed by atoms with E-state index in [2.05, 4.69) is 11.8 Å². The highest BCUT2D eigenvalue weighted by molar-refractivity contribution is 8.02. The van der Waals surface area contributed by atoms with Crippen molar-refractivity contribution < 1.29 is 4.18 Å². The van der Waals surface area contributed by atoms with Crippen LogP contribution in [0.3, 0.4) is 0 Å². The zero-order valence-electron chi connectivity index (χ0n) is 6.62. The topological polar surface area (TPSA) is 9.23 Å². The minimum Gasteiger partial charge on any atom is -0.315 e. The van der Waals surface area contributed by atoms with Crippen molar-refractivity contribution in [3.05, 3.63) is 0 Å². The van der Waals surface area contributed by atoms with E-state index >= 15 is 0 Å². The molecule has 0 bridgehead atoms. The molecule has 0 aromatic rings. The molecule has 0 aromatic heterocycles. The van der Waals surface area contributed by atoms with E-state index in [4.69, 9.17) is 4.18 Å². The molecule has 0 N–H and O–H groups in total. The summed E-state index contributed by atoms with van der Waals surface area (Å²) in [7, 11) is 0. The molecule has 0 spiro atoms. The van der Waals surface area contributed by atoms with Crippen LogP contribution in [0, 0.1) is 0 Å². The Morgan fingerprint density at radius 1 is 1.09 bits per heavy atom.